The number of carbonyl (C=O) groups excluding carboxylic acids is 2. The van der Waals surface area contributed by atoms with Gasteiger partial charge < -0.3 is 19.9 Å². The van der Waals surface area contributed by atoms with Gasteiger partial charge in [-0.15, -0.1) is 0 Å². The molecule has 0 atom stereocenters. The van der Waals surface area contributed by atoms with Crippen LogP contribution >= 0.6 is 12.2 Å². The zero-order valence-electron chi connectivity index (χ0n) is 20.2. The number of thiocarbonyl (C=S) groups is 1. The number of benzene rings is 2. The van der Waals surface area contributed by atoms with Crippen molar-refractivity contribution in [3.63, 3.8) is 0 Å². The van der Waals surface area contributed by atoms with Gasteiger partial charge in [-0.3, -0.25) is 14.9 Å². The Kier molecular flexibility index (Phi) is 9.27. The first-order chi connectivity index (χ1) is 16.4. The van der Waals surface area contributed by atoms with Crippen molar-refractivity contribution in [3.8, 4) is 5.75 Å². The Balaban J connectivity index is 1.49. The van der Waals surface area contributed by atoms with Crippen LogP contribution in [-0.4, -0.2) is 54.6 Å². The number of rotatable bonds is 8. The largest absolute Gasteiger partial charge is 0.494 e. The molecular weight excluding hydrogens is 448 g/mol. The fraction of sp³-hybridized carbons (Fsp3) is 0.423. The molecule has 1 saturated heterocycles. The van der Waals surface area contributed by atoms with Crippen LogP contribution in [0.25, 0.3) is 0 Å². The smallest absolute Gasteiger partial charge is 0.257 e. The minimum absolute atomic E-state index is 0.0318. The molecule has 8 heteroatoms. The third kappa shape index (κ3) is 7.18. The summed E-state index contributed by atoms with van der Waals surface area (Å²) in [6.45, 7) is 9.69. The van der Waals surface area contributed by atoms with E-state index in [4.69, 9.17) is 17.0 Å². The maximum absolute atomic E-state index is 12.6. The molecule has 0 spiro atoms. The Morgan fingerprint density at radius 2 is 1.76 bits per heavy atom. The molecule has 0 unspecified atom stereocenters. The zero-order valence-corrected chi connectivity index (χ0v) is 21.0. The zero-order chi connectivity index (χ0) is 24.5. The van der Waals surface area contributed by atoms with Crippen molar-refractivity contribution in [2.45, 2.75) is 33.6 Å². The van der Waals surface area contributed by atoms with Crippen molar-refractivity contribution in [1.82, 2.24) is 10.2 Å². The number of nitrogens with one attached hydrogen (secondary N) is 2. The predicted molar refractivity (Wildman–Crippen MR) is 141 cm³/mol. The van der Waals surface area contributed by atoms with E-state index in [-0.39, 0.29) is 22.8 Å². The lowest BCUT2D eigenvalue weighted by atomic mass is 10.1. The summed E-state index contributed by atoms with van der Waals surface area (Å²) in [6.07, 6.45) is 2.02. The molecule has 1 aliphatic rings. The summed E-state index contributed by atoms with van der Waals surface area (Å²) in [5, 5.41) is 6.01. The highest BCUT2D eigenvalue weighted by molar-refractivity contribution is 7.80. The van der Waals surface area contributed by atoms with Gasteiger partial charge in [-0.25, -0.2) is 0 Å². The maximum atomic E-state index is 12.6. The average molecular weight is 483 g/mol. The number of piperazine rings is 1. The molecule has 0 radical (unpaired) electrons. The van der Waals surface area contributed by atoms with Crippen molar-refractivity contribution in [3.05, 3.63) is 54.1 Å². The Morgan fingerprint density at radius 3 is 2.41 bits per heavy atom. The molecule has 182 valence electrons. The van der Waals surface area contributed by atoms with Gasteiger partial charge in [-0.2, -0.15) is 0 Å². The van der Waals surface area contributed by atoms with Gasteiger partial charge in [0.15, 0.2) is 5.11 Å². The molecular formula is C26H34N4O3S. The van der Waals surface area contributed by atoms with Crippen molar-refractivity contribution in [2.75, 3.05) is 43.0 Å². The van der Waals surface area contributed by atoms with Gasteiger partial charge in [-0.1, -0.05) is 33.3 Å². The van der Waals surface area contributed by atoms with Gasteiger partial charge in [0.05, 0.1) is 6.61 Å². The van der Waals surface area contributed by atoms with E-state index in [1.54, 1.807) is 18.2 Å². The van der Waals surface area contributed by atoms with E-state index in [0.29, 0.717) is 17.9 Å². The first-order valence-electron chi connectivity index (χ1n) is 11.9. The van der Waals surface area contributed by atoms with Crippen LogP contribution in [0.5, 0.6) is 5.75 Å². The Morgan fingerprint density at radius 1 is 1.06 bits per heavy atom. The van der Waals surface area contributed by atoms with Crippen LogP contribution < -0.4 is 20.3 Å². The van der Waals surface area contributed by atoms with Crippen LogP contribution in [0.2, 0.25) is 0 Å². The second-order valence-corrected chi connectivity index (χ2v) is 9.06. The summed E-state index contributed by atoms with van der Waals surface area (Å²) in [4.78, 5) is 29.0. The second kappa shape index (κ2) is 12.4. The van der Waals surface area contributed by atoms with E-state index in [0.717, 1.165) is 50.4 Å². The summed E-state index contributed by atoms with van der Waals surface area (Å²) in [6, 6.07) is 15.0. The number of carbonyl (C=O) groups is 2. The number of hydrogen-bond acceptors (Lipinski definition) is 5. The molecule has 0 aromatic heterocycles. The predicted octanol–water partition coefficient (Wildman–Crippen LogP) is 4.30. The van der Waals surface area contributed by atoms with Crippen LogP contribution in [0.1, 0.15) is 44.0 Å². The van der Waals surface area contributed by atoms with Crippen molar-refractivity contribution in [2.24, 2.45) is 5.92 Å². The van der Waals surface area contributed by atoms with Gasteiger partial charge in [-0.05, 0) is 61.1 Å². The molecule has 0 aliphatic carbocycles. The van der Waals surface area contributed by atoms with Crippen LogP contribution in [0.4, 0.5) is 11.4 Å². The van der Waals surface area contributed by atoms with E-state index in [2.05, 4.69) is 22.5 Å². The van der Waals surface area contributed by atoms with E-state index in [9.17, 15) is 9.59 Å². The van der Waals surface area contributed by atoms with Gasteiger partial charge in [0.1, 0.15) is 5.75 Å². The first kappa shape index (κ1) is 25.5. The standard InChI is InChI=1S/C26H34N4O3S/c1-4-5-17-33-23-8-6-7-20(18-23)24(31)28-26(34)27-21-9-11-22(12-10-21)29-13-15-30(16-14-29)25(32)19(2)3/h6-12,18-19H,4-5,13-17H2,1-3H3,(H2,27,28,31,34). The Hall–Kier alpha value is -3.13. The van der Waals surface area contributed by atoms with Crippen LogP contribution in [-0.2, 0) is 4.79 Å². The molecule has 2 amide bonds. The molecule has 2 aromatic carbocycles. The van der Waals surface area contributed by atoms with Crippen LogP contribution in [0.3, 0.4) is 0 Å². The topological polar surface area (TPSA) is 73.9 Å². The normalized spacial score (nSPS) is 13.5. The highest BCUT2D eigenvalue weighted by Crippen LogP contribution is 2.20. The molecule has 1 heterocycles. The highest BCUT2D eigenvalue weighted by atomic mass is 32.1. The van der Waals surface area contributed by atoms with Gasteiger partial charge in [0.25, 0.3) is 5.91 Å². The average Bonchev–Trinajstić information content (AvgIpc) is 2.84. The maximum Gasteiger partial charge on any atom is 0.257 e. The Bertz CT molecular complexity index is 986. The Labute approximate surface area is 207 Å². The number of unbranched alkanes of at least 4 members (excludes halogenated alkanes) is 1. The first-order valence-corrected chi connectivity index (χ1v) is 12.3. The summed E-state index contributed by atoms with van der Waals surface area (Å²) < 4.78 is 5.68. The summed E-state index contributed by atoms with van der Waals surface area (Å²) in [5.41, 5.74) is 2.37. The molecule has 1 fully saturated rings. The van der Waals surface area contributed by atoms with Gasteiger partial charge in [0.2, 0.25) is 5.91 Å². The fourth-order valence-corrected chi connectivity index (χ4v) is 3.92. The van der Waals surface area contributed by atoms with E-state index in [1.807, 2.05) is 49.1 Å². The van der Waals surface area contributed by atoms with E-state index >= 15 is 0 Å². The van der Waals surface area contributed by atoms with E-state index in [1.165, 1.54) is 0 Å². The molecule has 34 heavy (non-hydrogen) atoms. The molecule has 2 N–H and O–H groups in total. The molecule has 7 nitrogen and oxygen atoms in total. The number of anilines is 2. The SMILES string of the molecule is CCCCOc1cccc(C(=O)NC(=S)Nc2ccc(N3CCN(C(=O)C(C)C)CC3)cc2)c1. The molecule has 1 aliphatic heterocycles. The minimum Gasteiger partial charge on any atom is -0.494 e. The van der Waals surface area contributed by atoms with Crippen molar-refractivity contribution >= 4 is 40.5 Å². The number of nitrogens with zero attached hydrogens (tertiary/aromatic N) is 2. The second-order valence-electron chi connectivity index (χ2n) is 8.65. The molecule has 0 bridgehead atoms. The lowest BCUT2D eigenvalue weighted by molar-refractivity contribution is -0.134. The van der Waals surface area contributed by atoms with E-state index < -0.39 is 0 Å². The number of amides is 2. The summed E-state index contributed by atoms with van der Waals surface area (Å²) in [7, 11) is 0. The summed E-state index contributed by atoms with van der Waals surface area (Å²) in [5.74, 6) is 0.628. The molecule has 2 aromatic rings. The van der Waals surface area contributed by atoms with Crippen LogP contribution in [0, 0.1) is 5.92 Å². The lowest BCUT2D eigenvalue weighted by Crippen LogP contribution is -2.49. The minimum atomic E-state index is -0.288. The van der Waals surface area contributed by atoms with Crippen molar-refractivity contribution in [1.29, 1.82) is 0 Å². The monoisotopic (exact) mass is 482 g/mol. The third-order valence-corrected chi connectivity index (χ3v) is 5.87. The number of ether oxygens (including phenoxy) is 1. The van der Waals surface area contributed by atoms with Gasteiger partial charge in [0, 0.05) is 49.0 Å². The van der Waals surface area contributed by atoms with Crippen molar-refractivity contribution < 1.29 is 14.3 Å². The van der Waals surface area contributed by atoms with Gasteiger partial charge >= 0.3 is 0 Å². The molecule has 3 rings (SSSR count). The highest BCUT2D eigenvalue weighted by Gasteiger charge is 2.22. The lowest BCUT2D eigenvalue weighted by Gasteiger charge is -2.37. The number of hydrogen-bond donors (Lipinski definition) is 2. The third-order valence-electron chi connectivity index (χ3n) is 5.67. The summed E-state index contributed by atoms with van der Waals surface area (Å²) >= 11 is 5.32. The quantitative estimate of drug-likeness (QED) is 0.432. The molecule has 0 saturated carbocycles. The fourth-order valence-electron chi connectivity index (χ4n) is 3.70. The van der Waals surface area contributed by atoms with Crippen LogP contribution in [0.15, 0.2) is 48.5 Å².